The Labute approximate surface area is 155 Å². The Morgan fingerprint density at radius 2 is 2.04 bits per heavy atom. The highest BCUT2D eigenvalue weighted by atomic mass is 35.5. The van der Waals surface area contributed by atoms with Crippen LogP contribution in [0.5, 0.6) is 0 Å². The second kappa shape index (κ2) is 7.17. The van der Waals surface area contributed by atoms with E-state index in [0.717, 1.165) is 5.56 Å². The lowest BCUT2D eigenvalue weighted by atomic mass is 10.1. The van der Waals surface area contributed by atoms with Crippen molar-refractivity contribution < 1.29 is 4.79 Å². The van der Waals surface area contributed by atoms with Gasteiger partial charge in [0.05, 0.1) is 15.9 Å². The number of halogens is 1. The van der Waals surface area contributed by atoms with Gasteiger partial charge in [0.1, 0.15) is 5.82 Å². The second-order valence-electron chi connectivity index (χ2n) is 6.38. The Bertz CT molecular complexity index is 1040. The molecule has 0 fully saturated rings. The van der Waals surface area contributed by atoms with Crippen molar-refractivity contribution in [3.63, 3.8) is 0 Å². The van der Waals surface area contributed by atoms with E-state index in [1.807, 2.05) is 19.9 Å². The second-order valence-corrected chi connectivity index (χ2v) is 6.79. The number of hydrogen-bond acceptors (Lipinski definition) is 4. The van der Waals surface area contributed by atoms with Gasteiger partial charge in [0.25, 0.3) is 5.56 Å². The Morgan fingerprint density at radius 3 is 2.77 bits per heavy atom. The van der Waals surface area contributed by atoms with Crippen LogP contribution in [0.2, 0.25) is 5.02 Å². The summed E-state index contributed by atoms with van der Waals surface area (Å²) in [4.78, 5) is 31.3. The number of aromatic amines is 1. The third-order valence-corrected chi connectivity index (χ3v) is 4.34. The Hall–Kier alpha value is -2.86. The number of H-pyrrole nitrogens is 1. The summed E-state index contributed by atoms with van der Waals surface area (Å²) in [5.74, 6) is 0.232. The molecule has 1 amide bonds. The van der Waals surface area contributed by atoms with E-state index in [2.05, 4.69) is 15.3 Å². The molecule has 0 saturated carbocycles. The first-order valence-corrected chi connectivity index (χ1v) is 8.59. The van der Waals surface area contributed by atoms with E-state index in [1.54, 1.807) is 30.3 Å². The molecular formula is C19H19ClN4O2. The zero-order valence-corrected chi connectivity index (χ0v) is 15.2. The molecule has 0 radical (unpaired) electrons. The molecule has 0 bridgehead atoms. The fourth-order valence-electron chi connectivity index (χ4n) is 2.54. The largest absolute Gasteiger partial charge is 0.399 e. The quantitative estimate of drug-likeness (QED) is 0.614. The summed E-state index contributed by atoms with van der Waals surface area (Å²) in [6, 6.07) is 10.3. The van der Waals surface area contributed by atoms with Gasteiger partial charge in [0, 0.05) is 23.7 Å². The highest BCUT2D eigenvalue weighted by Crippen LogP contribution is 2.27. The van der Waals surface area contributed by atoms with Gasteiger partial charge >= 0.3 is 0 Å². The Balaban J connectivity index is 2.01. The van der Waals surface area contributed by atoms with Gasteiger partial charge in [-0.1, -0.05) is 31.5 Å². The lowest BCUT2D eigenvalue weighted by molar-refractivity contribution is -0.124. The highest BCUT2D eigenvalue weighted by Gasteiger charge is 2.12. The number of carbonyl (C=O) groups excluding carboxylic acids is 1. The first-order valence-electron chi connectivity index (χ1n) is 8.21. The number of nitrogens with two attached hydrogens (primary N) is 1. The van der Waals surface area contributed by atoms with Gasteiger partial charge in [0.15, 0.2) is 0 Å². The first-order chi connectivity index (χ1) is 12.3. The van der Waals surface area contributed by atoms with Crippen LogP contribution in [0, 0.1) is 5.92 Å². The van der Waals surface area contributed by atoms with Crippen molar-refractivity contribution >= 4 is 34.1 Å². The van der Waals surface area contributed by atoms with E-state index < -0.39 is 0 Å². The molecule has 0 aliphatic rings. The smallest absolute Gasteiger partial charge is 0.259 e. The maximum Gasteiger partial charge on any atom is 0.259 e. The molecule has 134 valence electrons. The van der Waals surface area contributed by atoms with Crippen LogP contribution in [-0.4, -0.2) is 15.9 Å². The third kappa shape index (κ3) is 3.70. The molecule has 7 heteroatoms. The maximum absolute atomic E-state index is 12.3. The summed E-state index contributed by atoms with van der Waals surface area (Å²) >= 11 is 6.30. The minimum Gasteiger partial charge on any atom is -0.399 e. The SMILES string of the molecule is CC(C)C(=O)NCc1ccc(Cl)c(-c2nc3cc(N)ccc3c(=O)[nH]2)c1. The molecule has 0 unspecified atom stereocenters. The van der Waals surface area contributed by atoms with E-state index in [4.69, 9.17) is 17.3 Å². The van der Waals surface area contributed by atoms with Crippen molar-refractivity contribution in [2.24, 2.45) is 5.92 Å². The fraction of sp³-hybridized carbons (Fsp3) is 0.211. The number of rotatable bonds is 4. The average molecular weight is 371 g/mol. The predicted molar refractivity (Wildman–Crippen MR) is 104 cm³/mol. The van der Waals surface area contributed by atoms with Crippen LogP contribution in [-0.2, 0) is 11.3 Å². The number of nitrogens with zero attached hydrogens (tertiary/aromatic N) is 1. The first kappa shape index (κ1) is 17.9. The van der Waals surface area contributed by atoms with Crippen molar-refractivity contribution in [1.82, 2.24) is 15.3 Å². The van der Waals surface area contributed by atoms with Gasteiger partial charge < -0.3 is 16.0 Å². The monoisotopic (exact) mass is 370 g/mol. The van der Waals surface area contributed by atoms with E-state index >= 15 is 0 Å². The zero-order chi connectivity index (χ0) is 18.8. The molecule has 4 N–H and O–H groups in total. The van der Waals surface area contributed by atoms with Crippen LogP contribution >= 0.6 is 11.6 Å². The third-order valence-electron chi connectivity index (χ3n) is 4.01. The molecular weight excluding hydrogens is 352 g/mol. The maximum atomic E-state index is 12.3. The van der Waals surface area contributed by atoms with Crippen LogP contribution in [0.4, 0.5) is 5.69 Å². The van der Waals surface area contributed by atoms with Gasteiger partial charge in [-0.05, 0) is 35.9 Å². The van der Waals surface area contributed by atoms with E-state index in [1.165, 1.54) is 0 Å². The number of nitrogen functional groups attached to an aromatic ring is 1. The molecule has 2 aromatic carbocycles. The number of anilines is 1. The predicted octanol–water partition coefficient (Wildman–Crippen LogP) is 3.10. The lowest BCUT2D eigenvalue weighted by Crippen LogP contribution is -2.27. The highest BCUT2D eigenvalue weighted by molar-refractivity contribution is 6.33. The number of carbonyl (C=O) groups is 1. The van der Waals surface area contributed by atoms with Crippen LogP contribution in [0.1, 0.15) is 19.4 Å². The van der Waals surface area contributed by atoms with Crippen molar-refractivity contribution in [1.29, 1.82) is 0 Å². The van der Waals surface area contributed by atoms with Gasteiger partial charge in [-0.15, -0.1) is 0 Å². The molecule has 3 aromatic rings. The molecule has 26 heavy (non-hydrogen) atoms. The van der Waals surface area contributed by atoms with Crippen LogP contribution in [0.25, 0.3) is 22.3 Å². The summed E-state index contributed by atoms with van der Waals surface area (Å²) < 4.78 is 0. The number of nitrogens with one attached hydrogen (secondary N) is 2. The Morgan fingerprint density at radius 1 is 1.27 bits per heavy atom. The van der Waals surface area contributed by atoms with Gasteiger partial charge in [-0.25, -0.2) is 4.98 Å². The normalized spacial score (nSPS) is 11.1. The van der Waals surface area contributed by atoms with Crippen molar-refractivity contribution in [2.75, 3.05) is 5.73 Å². The van der Waals surface area contributed by atoms with Gasteiger partial charge in [-0.2, -0.15) is 0 Å². The van der Waals surface area contributed by atoms with Crippen molar-refractivity contribution in [3.05, 3.63) is 57.3 Å². The van der Waals surface area contributed by atoms with Crippen molar-refractivity contribution in [2.45, 2.75) is 20.4 Å². The van der Waals surface area contributed by atoms with Crippen LogP contribution in [0.15, 0.2) is 41.2 Å². The van der Waals surface area contributed by atoms with Crippen LogP contribution < -0.4 is 16.6 Å². The summed E-state index contributed by atoms with van der Waals surface area (Å²) in [7, 11) is 0. The van der Waals surface area contributed by atoms with Crippen LogP contribution in [0.3, 0.4) is 0 Å². The van der Waals surface area contributed by atoms with E-state index in [-0.39, 0.29) is 17.4 Å². The number of aromatic nitrogens is 2. The molecule has 6 nitrogen and oxygen atoms in total. The fourth-order valence-corrected chi connectivity index (χ4v) is 2.75. The van der Waals surface area contributed by atoms with Gasteiger partial charge in [-0.3, -0.25) is 9.59 Å². The van der Waals surface area contributed by atoms with E-state index in [9.17, 15) is 9.59 Å². The minimum atomic E-state index is -0.264. The minimum absolute atomic E-state index is 0.0331. The standard InChI is InChI=1S/C19H19ClN4O2/c1-10(2)18(25)22-9-11-3-6-15(20)14(7-11)17-23-16-8-12(21)4-5-13(16)19(26)24-17/h3-8,10H,9,21H2,1-2H3,(H,22,25)(H,23,24,26). The molecule has 1 aromatic heterocycles. The number of amides is 1. The molecule has 0 spiro atoms. The molecule has 1 heterocycles. The lowest BCUT2D eigenvalue weighted by Gasteiger charge is -2.10. The zero-order valence-electron chi connectivity index (χ0n) is 14.5. The summed E-state index contributed by atoms with van der Waals surface area (Å²) in [6.45, 7) is 4.03. The summed E-state index contributed by atoms with van der Waals surface area (Å²) in [5, 5.41) is 3.77. The van der Waals surface area contributed by atoms with Crippen molar-refractivity contribution in [3.8, 4) is 11.4 Å². The number of hydrogen-bond donors (Lipinski definition) is 3. The average Bonchev–Trinajstić information content (AvgIpc) is 2.60. The topological polar surface area (TPSA) is 101 Å². The summed E-state index contributed by atoms with van der Waals surface area (Å²) in [5.41, 5.74) is 7.99. The molecule has 0 saturated heterocycles. The molecule has 3 rings (SSSR count). The Kier molecular flexibility index (Phi) is 4.95. The molecule has 0 aliphatic heterocycles. The number of benzene rings is 2. The van der Waals surface area contributed by atoms with Gasteiger partial charge in [0.2, 0.25) is 5.91 Å². The molecule has 0 aliphatic carbocycles. The van der Waals surface area contributed by atoms with E-state index in [0.29, 0.717) is 39.5 Å². The summed E-state index contributed by atoms with van der Waals surface area (Å²) in [6.07, 6.45) is 0. The molecule has 0 atom stereocenters. The number of fused-ring (bicyclic) bond motifs is 1.